The lowest BCUT2D eigenvalue weighted by atomic mass is 10.1. The van der Waals surface area contributed by atoms with Crippen molar-refractivity contribution in [2.45, 2.75) is 26.5 Å². The van der Waals surface area contributed by atoms with Gasteiger partial charge in [0.25, 0.3) is 0 Å². The van der Waals surface area contributed by atoms with Crippen molar-refractivity contribution in [2.24, 2.45) is 5.92 Å². The zero-order valence-electron chi connectivity index (χ0n) is 18.1. The van der Waals surface area contributed by atoms with Gasteiger partial charge in [-0.3, -0.25) is 4.90 Å². The average Bonchev–Trinajstić information content (AvgIpc) is 2.71. The molecule has 0 radical (unpaired) electrons. The van der Waals surface area contributed by atoms with E-state index in [0.29, 0.717) is 30.5 Å². The standard InChI is InChI=1S/C23H33NO5/c1-17(2)13-24(14-18-7-6-8-22(27-4)23(18)28-5)15-19(25)16-29-21-11-9-20(26-3)10-12-21/h6-12,17,19,25H,13-16H2,1-5H3/t19-/m1/s1. The van der Waals surface area contributed by atoms with Crippen LogP contribution in [0.2, 0.25) is 0 Å². The van der Waals surface area contributed by atoms with Crippen molar-refractivity contribution in [2.75, 3.05) is 41.0 Å². The molecule has 0 saturated carbocycles. The van der Waals surface area contributed by atoms with E-state index in [2.05, 4.69) is 18.7 Å². The largest absolute Gasteiger partial charge is 0.497 e. The van der Waals surface area contributed by atoms with Crippen molar-refractivity contribution in [3.8, 4) is 23.0 Å². The highest BCUT2D eigenvalue weighted by atomic mass is 16.5. The number of aliphatic hydroxyl groups excluding tert-OH is 1. The van der Waals surface area contributed by atoms with Crippen LogP contribution in [-0.4, -0.2) is 57.1 Å². The Morgan fingerprint density at radius 3 is 2.14 bits per heavy atom. The quantitative estimate of drug-likeness (QED) is 0.584. The SMILES string of the molecule is COc1ccc(OC[C@H](O)CN(Cc2cccc(OC)c2OC)CC(C)C)cc1. The van der Waals surface area contributed by atoms with Crippen molar-refractivity contribution in [3.05, 3.63) is 48.0 Å². The molecule has 2 aromatic rings. The van der Waals surface area contributed by atoms with E-state index in [0.717, 1.165) is 23.6 Å². The van der Waals surface area contributed by atoms with E-state index in [1.807, 2.05) is 42.5 Å². The fraction of sp³-hybridized carbons (Fsp3) is 0.478. The second-order valence-electron chi connectivity index (χ2n) is 7.38. The molecule has 0 aliphatic rings. The lowest BCUT2D eigenvalue weighted by Crippen LogP contribution is -2.37. The topological polar surface area (TPSA) is 60.4 Å². The van der Waals surface area contributed by atoms with Crippen LogP contribution in [0.4, 0.5) is 0 Å². The minimum Gasteiger partial charge on any atom is -0.497 e. The zero-order valence-corrected chi connectivity index (χ0v) is 18.1. The van der Waals surface area contributed by atoms with Gasteiger partial charge in [-0.1, -0.05) is 26.0 Å². The third-order valence-electron chi connectivity index (χ3n) is 4.47. The summed E-state index contributed by atoms with van der Waals surface area (Å²) in [6, 6.07) is 13.2. The molecule has 0 aromatic heterocycles. The second kappa shape index (κ2) is 11.5. The van der Waals surface area contributed by atoms with Gasteiger partial charge in [-0.25, -0.2) is 0 Å². The van der Waals surface area contributed by atoms with Gasteiger partial charge in [-0.05, 0) is 36.2 Å². The molecule has 0 spiro atoms. The molecule has 0 fully saturated rings. The first-order valence-corrected chi connectivity index (χ1v) is 9.84. The Morgan fingerprint density at radius 2 is 1.55 bits per heavy atom. The van der Waals surface area contributed by atoms with Crippen molar-refractivity contribution in [1.29, 1.82) is 0 Å². The average molecular weight is 404 g/mol. The lowest BCUT2D eigenvalue weighted by Gasteiger charge is -2.27. The summed E-state index contributed by atoms with van der Waals surface area (Å²) in [5, 5.41) is 10.6. The summed E-state index contributed by atoms with van der Waals surface area (Å²) >= 11 is 0. The number of hydrogen-bond acceptors (Lipinski definition) is 6. The number of methoxy groups -OCH3 is 3. The molecule has 6 nitrogen and oxygen atoms in total. The molecule has 0 aliphatic carbocycles. The minimum absolute atomic E-state index is 0.218. The van der Waals surface area contributed by atoms with E-state index < -0.39 is 6.10 Å². The Bertz CT molecular complexity index is 733. The molecule has 160 valence electrons. The van der Waals surface area contributed by atoms with Crippen LogP contribution < -0.4 is 18.9 Å². The monoisotopic (exact) mass is 403 g/mol. The fourth-order valence-corrected chi connectivity index (χ4v) is 3.25. The Balaban J connectivity index is 2.00. The highest BCUT2D eigenvalue weighted by molar-refractivity contribution is 5.46. The predicted molar refractivity (Wildman–Crippen MR) is 114 cm³/mol. The van der Waals surface area contributed by atoms with Gasteiger partial charge in [0.15, 0.2) is 11.5 Å². The van der Waals surface area contributed by atoms with Gasteiger partial charge in [-0.2, -0.15) is 0 Å². The van der Waals surface area contributed by atoms with Crippen LogP contribution >= 0.6 is 0 Å². The summed E-state index contributed by atoms with van der Waals surface area (Å²) < 4.78 is 21.8. The first-order valence-electron chi connectivity index (χ1n) is 9.84. The van der Waals surface area contributed by atoms with Crippen LogP contribution in [0.3, 0.4) is 0 Å². The third-order valence-corrected chi connectivity index (χ3v) is 4.47. The van der Waals surface area contributed by atoms with Crippen molar-refractivity contribution in [1.82, 2.24) is 4.90 Å². The molecule has 1 atom stereocenters. The number of para-hydroxylation sites is 1. The fourth-order valence-electron chi connectivity index (χ4n) is 3.25. The molecule has 0 amide bonds. The van der Waals surface area contributed by atoms with Gasteiger partial charge in [-0.15, -0.1) is 0 Å². The number of benzene rings is 2. The minimum atomic E-state index is -0.618. The molecule has 0 unspecified atom stereocenters. The molecule has 29 heavy (non-hydrogen) atoms. The van der Waals surface area contributed by atoms with E-state index in [1.165, 1.54) is 0 Å². The first kappa shape index (κ1) is 22.8. The molecule has 0 heterocycles. The second-order valence-corrected chi connectivity index (χ2v) is 7.38. The van der Waals surface area contributed by atoms with E-state index >= 15 is 0 Å². The molecule has 0 aliphatic heterocycles. The summed E-state index contributed by atoms with van der Waals surface area (Å²) in [5.41, 5.74) is 1.02. The van der Waals surface area contributed by atoms with Crippen molar-refractivity contribution < 1.29 is 24.1 Å². The van der Waals surface area contributed by atoms with Crippen LogP contribution in [0.25, 0.3) is 0 Å². The Morgan fingerprint density at radius 1 is 0.862 bits per heavy atom. The number of rotatable bonds is 12. The van der Waals surface area contributed by atoms with Gasteiger partial charge in [0.1, 0.15) is 24.2 Å². The first-order chi connectivity index (χ1) is 14.0. The van der Waals surface area contributed by atoms with Crippen LogP contribution in [0.15, 0.2) is 42.5 Å². The maximum absolute atomic E-state index is 10.6. The zero-order chi connectivity index (χ0) is 21.2. The van der Waals surface area contributed by atoms with Crippen LogP contribution in [0, 0.1) is 5.92 Å². The highest BCUT2D eigenvalue weighted by Gasteiger charge is 2.18. The molecule has 0 saturated heterocycles. The summed E-state index contributed by atoms with van der Waals surface area (Å²) in [7, 11) is 4.90. The number of ether oxygens (including phenoxy) is 4. The molecular weight excluding hydrogens is 370 g/mol. The normalized spacial score (nSPS) is 12.1. The van der Waals surface area contributed by atoms with Gasteiger partial charge in [0.2, 0.25) is 0 Å². The van der Waals surface area contributed by atoms with Gasteiger partial charge in [0, 0.05) is 25.2 Å². The summed E-state index contributed by atoms with van der Waals surface area (Å²) in [5.74, 6) is 3.37. The third kappa shape index (κ3) is 7.15. The molecule has 0 bridgehead atoms. The summed E-state index contributed by atoms with van der Waals surface area (Å²) in [6.07, 6.45) is -0.618. The summed E-state index contributed by atoms with van der Waals surface area (Å²) in [6.45, 7) is 6.54. The van der Waals surface area contributed by atoms with Gasteiger partial charge in [0.05, 0.1) is 21.3 Å². The number of aliphatic hydroxyl groups is 1. The molecule has 2 aromatic carbocycles. The smallest absolute Gasteiger partial charge is 0.165 e. The van der Waals surface area contributed by atoms with Gasteiger partial charge >= 0.3 is 0 Å². The van der Waals surface area contributed by atoms with E-state index in [4.69, 9.17) is 18.9 Å². The molecular formula is C23H33NO5. The predicted octanol–water partition coefficient (Wildman–Crippen LogP) is 3.61. The van der Waals surface area contributed by atoms with E-state index in [-0.39, 0.29) is 6.61 Å². The van der Waals surface area contributed by atoms with E-state index in [9.17, 15) is 5.11 Å². The van der Waals surface area contributed by atoms with Crippen molar-refractivity contribution >= 4 is 0 Å². The number of hydrogen-bond donors (Lipinski definition) is 1. The van der Waals surface area contributed by atoms with Gasteiger partial charge < -0.3 is 24.1 Å². The molecule has 2 rings (SSSR count). The maximum Gasteiger partial charge on any atom is 0.165 e. The summed E-state index contributed by atoms with van der Waals surface area (Å²) in [4.78, 5) is 2.21. The maximum atomic E-state index is 10.6. The lowest BCUT2D eigenvalue weighted by molar-refractivity contribution is 0.0611. The Hall–Kier alpha value is -2.44. The number of nitrogens with zero attached hydrogens (tertiary/aromatic N) is 1. The van der Waals surface area contributed by atoms with Crippen LogP contribution in [0.5, 0.6) is 23.0 Å². The highest BCUT2D eigenvalue weighted by Crippen LogP contribution is 2.31. The Kier molecular flexibility index (Phi) is 9.09. The molecule has 6 heteroatoms. The van der Waals surface area contributed by atoms with E-state index in [1.54, 1.807) is 21.3 Å². The van der Waals surface area contributed by atoms with Crippen molar-refractivity contribution in [3.63, 3.8) is 0 Å². The van der Waals surface area contributed by atoms with Crippen LogP contribution in [-0.2, 0) is 6.54 Å². The Labute approximate surface area is 174 Å². The molecule has 1 N–H and O–H groups in total. The van der Waals surface area contributed by atoms with Crippen LogP contribution in [0.1, 0.15) is 19.4 Å².